The summed E-state index contributed by atoms with van der Waals surface area (Å²) in [5.41, 5.74) is 10.1. The van der Waals surface area contributed by atoms with Crippen LogP contribution in [0.1, 0.15) is 11.1 Å². The Morgan fingerprint density at radius 3 is 2.33 bits per heavy atom. The number of benzene rings is 1. The molecule has 1 aromatic carbocycles. The van der Waals surface area contributed by atoms with Crippen molar-refractivity contribution in [2.45, 2.75) is 13.8 Å². The number of aliphatic imine (C=N–C) groups is 1. The van der Waals surface area contributed by atoms with Crippen LogP contribution in [0, 0.1) is 13.8 Å². The Balaban J connectivity index is 2.97. The molecule has 0 unspecified atom stereocenters. The molecular weight excluding hydrogens is 196 g/mol. The van der Waals surface area contributed by atoms with E-state index in [1.54, 1.807) is 0 Å². The van der Waals surface area contributed by atoms with Gasteiger partial charge in [0, 0.05) is 5.34 Å². The third-order valence-corrected chi connectivity index (χ3v) is 1.89. The summed E-state index contributed by atoms with van der Waals surface area (Å²) in [5, 5.41) is 16.7. The predicted molar refractivity (Wildman–Crippen MR) is 55.7 cm³/mol. The van der Waals surface area contributed by atoms with Crippen LogP contribution in [0.4, 0.5) is 5.69 Å². The number of para-hydroxylation sites is 1. The molecule has 0 radical (unpaired) electrons. The summed E-state index contributed by atoms with van der Waals surface area (Å²) in [5.74, 6) is -0.0996. The molecule has 0 aliphatic heterocycles. The normalized spacial score (nSPS) is 11.9. The molecule has 0 bridgehead atoms. The maximum Gasteiger partial charge on any atom is 0.212 e. The van der Waals surface area contributed by atoms with Crippen LogP contribution in [0.25, 0.3) is 0 Å². The van der Waals surface area contributed by atoms with Gasteiger partial charge in [0.05, 0.1) is 5.69 Å². The Morgan fingerprint density at radius 2 is 1.87 bits per heavy atom. The van der Waals surface area contributed by atoms with Crippen LogP contribution in [0.5, 0.6) is 0 Å². The van der Waals surface area contributed by atoms with Gasteiger partial charge in [-0.2, -0.15) is 0 Å². The molecule has 6 heteroatoms. The first kappa shape index (κ1) is 11.4. The van der Waals surface area contributed by atoms with E-state index < -0.39 is 0 Å². The van der Waals surface area contributed by atoms with Crippen molar-refractivity contribution in [2.75, 3.05) is 0 Å². The van der Waals surface area contributed by atoms with Crippen LogP contribution in [0.3, 0.4) is 0 Å². The number of hydrogen-bond donors (Lipinski definition) is 4. The van der Waals surface area contributed by atoms with E-state index >= 15 is 0 Å². The van der Waals surface area contributed by atoms with E-state index in [0.29, 0.717) is 5.69 Å². The number of rotatable bonds is 2. The number of nitrogens with one attached hydrogen (secondary N) is 1. The first-order valence-electron chi connectivity index (χ1n) is 4.35. The lowest BCUT2D eigenvalue weighted by Crippen LogP contribution is -2.41. The highest BCUT2D eigenvalue weighted by molar-refractivity contribution is 5.81. The summed E-state index contributed by atoms with van der Waals surface area (Å²) in [6.45, 7) is 3.80. The smallest absolute Gasteiger partial charge is 0.212 e. The van der Waals surface area contributed by atoms with Crippen molar-refractivity contribution in [2.24, 2.45) is 10.7 Å². The molecule has 1 rings (SSSR count). The van der Waals surface area contributed by atoms with Crippen LogP contribution in [-0.2, 0) is 0 Å². The Hall–Kier alpha value is -1.63. The summed E-state index contributed by atoms with van der Waals surface area (Å²) < 4.78 is 0. The van der Waals surface area contributed by atoms with Crippen molar-refractivity contribution in [3.63, 3.8) is 0 Å². The van der Waals surface area contributed by atoms with Gasteiger partial charge in [0.25, 0.3) is 0 Å². The Bertz CT molecular complexity index is 356. The molecule has 0 heterocycles. The topological polar surface area (TPSA) is 94.1 Å². The van der Waals surface area contributed by atoms with E-state index in [4.69, 9.17) is 16.1 Å². The van der Waals surface area contributed by atoms with Gasteiger partial charge in [-0.25, -0.2) is 10.4 Å². The SMILES string of the molecule is Cc1cccc(C)c1N=C(N)NN(O)O. The van der Waals surface area contributed by atoms with Crippen molar-refractivity contribution in [3.05, 3.63) is 29.3 Å². The number of nitrogens with two attached hydrogens (primary N) is 1. The molecule has 82 valence electrons. The van der Waals surface area contributed by atoms with Gasteiger partial charge in [0.1, 0.15) is 0 Å². The predicted octanol–water partition coefficient (Wildman–Crippen LogP) is 0.835. The minimum absolute atomic E-state index is 0.0996. The first-order valence-corrected chi connectivity index (χ1v) is 4.35. The standard InChI is InChI=1S/C9H14N4O2/c1-6-4-3-5-7(2)8(6)11-9(10)12-13(14)15/h3-5,14-15H,1-2H3,(H3,10,11,12). The van der Waals surface area contributed by atoms with Crippen molar-refractivity contribution in [1.29, 1.82) is 0 Å². The maximum absolute atomic E-state index is 8.46. The van der Waals surface area contributed by atoms with Crippen LogP contribution >= 0.6 is 0 Å². The third kappa shape index (κ3) is 3.21. The van der Waals surface area contributed by atoms with E-state index in [1.165, 1.54) is 0 Å². The van der Waals surface area contributed by atoms with E-state index in [9.17, 15) is 0 Å². The molecule has 0 fully saturated rings. The fourth-order valence-corrected chi connectivity index (χ4v) is 1.23. The second-order valence-electron chi connectivity index (χ2n) is 3.14. The molecule has 15 heavy (non-hydrogen) atoms. The second kappa shape index (κ2) is 4.74. The molecule has 0 aliphatic rings. The largest absolute Gasteiger partial charge is 0.368 e. The molecule has 1 aromatic rings. The molecule has 0 saturated heterocycles. The lowest BCUT2D eigenvalue weighted by molar-refractivity contribution is -0.329. The zero-order valence-electron chi connectivity index (χ0n) is 8.60. The zero-order chi connectivity index (χ0) is 11.4. The number of hydrazine groups is 1. The second-order valence-corrected chi connectivity index (χ2v) is 3.14. The van der Waals surface area contributed by atoms with E-state index in [-0.39, 0.29) is 11.3 Å². The molecule has 0 aromatic heterocycles. The molecule has 5 N–H and O–H groups in total. The number of hydrogen-bond acceptors (Lipinski definition) is 4. The van der Waals surface area contributed by atoms with Gasteiger partial charge in [-0.1, -0.05) is 18.2 Å². The molecular formula is C9H14N4O2. The van der Waals surface area contributed by atoms with Crippen LogP contribution in [0.15, 0.2) is 23.2 Å². The van der Waals surface area contributed by atoms with E-state index in [2.05, 4.69) is 4.99 Å². The summed E-state index contributed by atoms with van der Waals surface area (Å²) in [7, 11) is 0. The van der Waals surface area contributed by atoms with E-state index in [0.717, 1.165) is 11.1 Å². The van der Waals surface area contributed by atoms with Crippen molar-refractivity contribution in [3.8, 4) is 0 Å². The minimum atomic E-state index is -0.244. The van der Waals surface area contributed by atoms with Gasteiger partial charge in [0.15, 0.2) is 0 Å². The lowest BCUT2D eigenvalue weighted by atomic mass is 10.1. The first-order chi connectivity index (χ1) is 7.00. The fourth-order valence-electron chi connectivity index (χ4n) is 1.23. The third-order valence-electron chi connectivity index (χ3n) is 1.89. The minimum Gasteiger partial charge on any atom is -0.368 e. The lowest BCUT2D eigenvalue weighted by Gasteiger charge is -2.09. The molecule has 0 spiro atoms. The van der Waals surface area contributed by atoms with E-state index in [1.807, 2.05) is 37.5 Å². The average molecular weight is 210 g/mol. The molecule has 0 atom stereocenters. The number of guanidine groups is 1. The van der Waals surface area contributed by atoms with Crippen molar-refractivity contribution in [1.82, 2.24) is 10.8 Å². The van der Waals surface area contributed by atoms with Gasteiger partial charge in [-0.15, -0.1) is 0 Å². The Morgan fingerprint density at radius 1 is 1.33 bits per heavy atom. The van der Waals surface area contributed by atoms with Crippen LogP contribution < -0.4 is 11.2 Å². The quantitative estimate of drug-likeness (QED) is 0.329. The zero-order valence-corrected chi connectivity index (χ0v) is 8.60. The number of nitrogens with zero attached hydrogens (tertiary/aromatic N) is 2. The summed E-state index contributed by atoms with van der Waals surface area (Å²) in [6.07, 6.45) is 0. The summed E-state index contributed by atoms with van der Waals surface area (Å²) >= 11 is 0. The molecule has 0 saturated carbocycles. The highest BCUT2D eigenvalue weighted by atomic mass is 16.8. The summed E-state index contributed by atoms with van der Waals surface area (Å²) in [4.78, 5) is 4.02. The van der Waals surface area contributed by atoms with Crippen LogP contribution in [0.2, 0.25) is 0 Å². The Kier molecular flexibility index (Phi) is 3.62. The van der Waals surface area contributed by atoms with Gasteiger partial charge >= 0.3 is 0 Å². The van der Waals surface area contributed by atoms with Crippen molar-refractivity contribution < 1.29 is 10.4 Å². The maximum atomic E-state index is 8.46. The van der Waals surface area contributed by atoms with Gasteiger partial charge in [-0.05, 0) is 25.0 Å². The molecule has 0 aliphatic carbocycles. The van der Waals surface area contributed by atoms with Gasteiger partial charge in [0.2, 0.25) is 5.96 Å². The van der Waals surface area contributed by atoms with Crippen LogP contribution in [-0.4, -0.2) is 21.7 Å². The average Bonchev–Trinajstić information content (AvgIpc) is 2.10. The number of aryl methyl sites for hydroxylation is 2. The monoisotopic (exact) mass is 210 g/mol. The fraction of sp³-hybridized carbons (Fsp3) is 0.222. The molecule has 6 nitrogen and oxygen atoms in total. The highest BCUT2D eigenvalue weighted by Gasteiger charge is 2.02. The highest BCUT2D eigenvalue weighted by Crippen LogP contribution is 2.22. The Labute approximate surface area is 87.5 Å². The van der Waals surface area contributed by atoms with Gasteiger partial charge in [-0.3, -0.25) is 10.4 Å². The van der Waals surface area contributed by atoms with Crippen molar-refractivity contribution >= 4 is 11.6 Å². The van der Waals surface area contributed by atoms with Gasteiger partial charge < -0.3 is 5.73 Å². The molecule has 0 amide bonds. The summed E-state index contributed by atoms with van der Waals surface area (Å²) in [6, 6.07) is 5.71.